The fraction of sp³-hybridized carbons (Fsp3) is 0.308. The van der Waals surface area contributed by atoms with Crippen molar-refractivity contribution in [1.82, 2.24) is 15.0 Å². The first-order valence-electron chi connectivity index (χ1n) is 5.82. The Kier molecular flexibility index (Phi) is 2.48. The van der Waals surface area contributed by atoms with Gasteiger partial charge in [0.05, 0.1) is 12.2 Å². The largest absolute Gasteiger partial charge is 0.300 e. The van der Waals surface area contributed by atoms with E-state index in [1.54, 1.807) is 0 Å². The maximum atomic E-state index is 11.2. The summed E-state index contributed by atoms with van der Waals surface area (Å²) in [6.07, 6.45) is 4.08. The third-order valence-electron chi connectivity index (χ3n) is 3.17. The first kappa shape index (κ1) is 10.2. The van der Waals surface area contributed by atoms with Crippen molar-refractivity contribution < 1.29 is 4.79 Å². The Morgan fingerprint density at radius 1 is 1.24 bits per heavy atom. The van der Waals surface area contributed by atoms with Crippen LogP contribution < -0.4 is 0 Å². The number of Topliss-reactive ketones (excluding diaryl/α,β-unsaturated/α-hetero) is 1. The first-order valence-corrected chi connectivity index (χ1v) is 5.82. The van der Waals surface area contributed by atoms with Crippen molar-refractivity contribution in [1.29, 1.82) is 0 Å². The molecule has 17 heavy (non-hydrogen) atoms. The van der Waals surface area contributed by atoms with E-state index in [4.69, 9.17) is 0 Å². The van der Waals surface area contributed by atoms with Crippen LogP contribution in [-0.4, -0.2) is 20.8 Å². The Morgan fingerprint density at radius 3 is 2.76 bits per heavy atom. The van der Waals surface area contributed by atoms with Crippen molar-refractivity contribution >= 4 is 5.78 Å². The minimum Gasteiger partial charge on any atom is -0.300 e. The highest BCUT2D eigenvalue weighted by atomic mass is 16.1. The van der Waals surface area contributed by atoms with E-state index in [1.165, 1.54) is 0 Å². The number of carbonyl (C=O) groups excluding carboxylic acids is 1. The molecule has 0 spiro atoms. The molecule has 86 valence electrons. The van der Waals surface area contributed by atoms with E-state index in [0.717, 1.165) is 17.7 Å². The molecule has 0 saturated heterocycles. The second-order valence-electron chi connectivity index (χ2n) is 4.39. The molecule has 1 aliphatic carbocycles. The smallest absolute Gasteiger partial charge is 0.135 e. The molecule has 2 aromatic rings. The molecule has 4 heteroatoms. The van der Waals surface area contributed by atoms with Gasteiger partial charge >= 0.3 is 0 Å². The molecule has 1 aromatic carbocycles. The lowest BCUT2D eigenvalue weighted by Crippen LogP contribution is -2.06. The molecule has 4 nitrogen and oxygen atoms in total. The second kappa shape index (κ2) is 4.13. The SMILES string of the molecule is O=C1CCC(n2cc(-c3ccccc3)nn2)C1. The second-order valence-corrected chi connectivity index (χ2v) is 4.39. The number of rotatable bonds is 2. The van der Waals surface area contributed by atoms with E-state index >= 15 is 0 Å². The van der Waals surface area contributed by atoms with Crippen molar-refractivity contribution in [3.63, 3.8) is 0 Å². The number of nitrogens with zero attached hydrogens (tertiary/aromatic N) is 3. The molecule has 0 radical (unpaired) electrons. The zero-order valence-corrected chi connectivity index (χ0v) is 9.41. The summed E-state index contributed by atoms with van der Waals surface area (Å²) in [6, 6.07) is 10.2. The molecule has 1 unspecified atom stereocenters. The average Bonchev–Trinajstić information content (AvgIpc) is 2.98. The van der Waals surface area contributed by atoms with Crippen LogP contribution in [0.25, 0.3) is 11.3 Å². The highest BCUT2D eigenvalue weighted by molar-refractivity contribution is 5.80. The van der Waals surface area contributed by atoms with Crippen LogP contribution in [0.3, 0.4) is 0 Å². The minimum absolute atomic E-state index is 0.201. The molecule has 3 rings (SSSR count). The van der Waals surface area contributed by atoms with Crippen molar-refractivity contribution in [2.75, 3.05) is 0 Å². The van der Waals surface area contributed by atoms with E-state index in [1.807, 2.05) is 41.2 Å². The highest BCUT2D eigenvalue weighted by Crippen LogP contribution is 2.27. The van der Waals surface area contributed by atoms with Gasteiger partial charge in [0, 0.05) is 18.4 Å². The van der Waals surface area contributed by atoms with Crippen molar-refractivity contribution in [3.05, 3.63) is 36.5 Å². The summed E-state index contributed by atoms with van der Waals surface area (Å²) in [5.41, 5.74) is 1.92. The third kappa shape index (κ3) is 1.98. The standard InChI is InChI=1S/C13H13N3O/c17-12-7-6-11(8-12)16-9-13(14-15-16)10-4-2-1-3-5-10/h1-5,9,11H,6-8H2. The Balaban J connectivity index is 1.86. The van der Waals surface area contributed by atoms with E-state index in [-0.39, 0.29) is 6.04 Å². The van der Waals surface area contributed by atoms with Gasteiger partial charge in [0.25, 0.3) is 0 Å². The fourth-order valence-corrected chi connectivity index (χ4v) is 2.22. The van der Waals surface area contributed by atoms with Crippen molar-refractivity contribution in [3.8, 4) is 11.3 Å². The predicted octanol–water partition coefficient (Wildman–Crippen LogP) is 2.24. The number of ketones is 1. The van der Waals surface area contributed by atoms with Gasteiger partial charge in [-0.05, 0) is 6.42 Å². The van der Waals surface area contributed by atoms with E-state index in [2.05, 4.69) is 10.3 Å². The number of aromatic nitrogens is 3. The van der Waals surface area contributed by atoms with Gasteiger partial charge in [-0.1, -0.05) is 35.5 Å². The summed E-state index contributed by atoms with van der Waals surface area (Å²) in [4.78, 5) is 11.2. The van der Waals surface area contributed by atoms with Crippen LogP contribution >= 0.6 is 0 Å². The summed E-state index contributed by atoms with van der Waals surface area (Å²) in [5, 5.41) is 8.28. The monoisotopic (exact) mass is 227 g/mol. The zero-order chi connectivity index (χ0) is 11.7. The molecule has 0 bridgehead atoms. The topological polar surface area (TPSA) is 47.8 Å². The van der Waals surface area contributed by atoms with Crippen LogP contribution in [0.4, 0.5) is 0 Å². The molecule has 1 saturated carbocycles. The van der Waals surface area contributed by atoms with Gasteiger partial charge in [-0.3, -0.25) is 4.79 Å². The summed E-state index contributed by atoms with van der Waals surface area (Å²) in [7, 11) is 0. The van der Waals surface area contributed by atoms with E-state index in [0.29, 0.717) is 18.6 Å². The Morgan fingerprint density at radius 2 is 2.06 bits per heavy atom. The van der Waals surface area contributed by atoms with Gasteiger partial charge in [-0.15, -0.1) is 5.10 Å². The number of carbonyl (C=O) groups is 1. The number of benzene rings is 1. The van der Waals surface area contributed by atoms with Crippen LogP contribution in [0.15, 0.2) is 36.5 Å². The van der Waals surface area contributed by atoms with E-state index in [9.17, 15) is 4.79 Å². The highest BCUT2D eigenvalue weighted by Gasteiger charge is 2.24. The number of hydrogen-bond acceptors (Lipinski definition) is 3. The van der Waals surface area contributed by atoms with Crippen LogP contribution in [0.5, 0.6) is 0 Å². The fourth-order valence-electron chi connectivity index (χ4n) is 2.22. The lowest BCUT2D eigenvalue weighted by molar-refractivity contribution is -0.117. The summed E-state index contributed by atoms with van der Waals surface area (Å²) in [6.45, 7) is 0. The lowest BCUT2D eigenvalue weighted by atomic mass is 10.2. The molecule has 1 fully saturated rings. The zero-order valence-electron chi connectivity index (χ0n) is 9.41. The molecule has 0 aliphatic heterocycles. The summed E-state index contributed by atoms with van der Waals surface area (Å²) in [5.74, 6) is 0.326. The molecule has 1 aliphatic rings. The van der Waals surface area contributed by atoms with Crippen LogP contribution in [0.2, 0.25) is 0 Å². The average molecular weight is 227 g/mol. The molecular formula is C13H13N3O. The van der Waals surface area contributed by atoms with Gasteiger partial charge in [0.1, 0.15) is 11.5 Å². The Hall–Kier alpha value is -1.97. The van der Waals surface area contributed by atoms with Gasteiger partial charge < -0.3 is 0 Å². The minimum atomic E-state index is 0.201. The van der Waals surface area contributed by atoms with Gasteiger partial charge in [-0.25, -0.2) is 4.68 Å². The first-order chi connectivity index (χ1) is 8.33. The third-order valence-corrected chi connectivity index (χ3v) is 3.17. The van der Waals surface area contributed by atoms with Crippen molar-refractivity contribution in [2.45, 2.75) is 25.3 Å². The lowest BCUT2D eigenvalue weighted by Gasteiger charge is -2.05. The Bertz CT molecular complexity index is 533. The number of hydrogen-bond donors (Lipinski definition) is 0. The van der Waals surface area contributed by atoms with E-state index < -0.39 is 0 Å². The molecule has 1 atom stereocenters. The maximum Gasteiger partial charge on any atom is 0.135 e. The molecule has 0 N–H and O–H groups in total. The summed E-state index contributed by atoms with van der Waals surface area (Å²) < 4.78 is 1.83. The van der Waals surface area contributed by atoms with Gasteiger partial charge in [0.2, 0.25) is 0 Å². The predicted molar refractivity (Wildman–Crippen MR) is 63.4 cm³/mol. The summed E-state index contributed by atoms with van der Waals surface area (Å²) >= 11 is 0. The normalized spacial score (nSPS) is 19.8. The molecule has 0 amide bonds. The van der Waals surface area contributed by atoms with Gasteiger partial charge in [0.15, 0.2) is 0 Å². The quantitative estimate of drug-likeness (QED) is 0.790. The van der Waals surface area contributed by atoms with Gasteiger partial charge in [-0.2, -0.15) is 0 Å². The van der Waals surface area contributed by atoms with Crippen LogP contribution in [-0.2, 0) is 4.79 Å². The molecular weight excluding hydrogens is 214 g/mol. The molecule has 1 heterocycles. The Labute approximate surface area is 99.3 Å². The van der Waals surface area contributed by atoms with Crippen molar-refractivity contribution in [2.24, 2.45) is 0 Å². The molecule has 1 aromatic heterocycles. The maximum absolute atomic E-state index is 11.2. The van der Waals surface area contributed by atoms with Crippen LogP contribution in [0.1, 0.15) is 25.3 Å². The van der Waals surface area contributed by atoms with Crippen LogP contribution in [0, 0.1) is 0 Å².